The zero-order chi connectivity index (χ0) is 27.8. The van der Waals surface area contributed by atoms with Crippen molar-refractivity contribution in [2.75, 3.05) is 27.2 Å². The second kappa shape index (κ2) is 9.92. The predicted octanol–water partition coefficient (Wildman–Crippen LogP) is 3.69. The van der Waals surface area contributed by atoms with Crippen molar-refractivity contribution in [2.45, 2.75) is 38.8 Å². The number of halogens is 3. The van der Waals surface area contributed by atoms with Crippen LogP contribution in [0.5, 0.6) is 5.75 Å². The summed E-state index contributed by atoms with van der Waals surface area (Å²) >= 11 is 0. The molecule has 4 amide bonds. The molecule has 3 rings (SSSR count). The van der Waals surface area contributed by atoms with Crippen LogP contribution in [-0.2, 0) is 20.2 Å². The molecule has 1 heterocycles. The highest BCUT2D eigenvalue weighted by molar-refractivity contribution is 7.92. The molecule has 4 N–H and O–H groups in total. The number of imide groups is 1. The Balaban J connectivity index is 1.89. The molecule has 1 aliphatic heterocycles. The third-order valence-electron chi connectivity index (χ3n) is 5.24. The first-order valence-corrected chi connectivity index (χ1v) is 12.6. The summed E-state index contributed by atoms with van der Waals surface area (Å²) in [6.07, 6.45) is -4.86. The van der Waals surface area contributed by atoms with Crippen molar-refractivity contribution in [1.82, 2.24) is 5.32 Å². The number of aromatic hydroxyl groups is 1. The van der Waals surface area contributed by atoms with E-state index in [-0.39, 0.29) is 41.3 Å². The average Bonchev–Trinajstić information content (AvgIpc) is 2.73. The molecule has 10 nitrogen and oxygen atoms in total. The molecule has 0 atom stereocenters. The number of sulfonamides is 1. The molecule has 0 aliphatic carbocycles. The zero-order valence-corrected chi connectivity index (χ0v) is 20.9. The van der Waals surface area contributed by atoms with E-state index in [9.17, 15) is 41.1 Å². The van der Waals surface area contributed by atoms with Crippen LogP contribution in [0.2, 0.25) is 0 Å². The summed E-state index contributed by atoms with van der Waals surface area (Å²) in [5.41, 5.74) is -0.544. The molecule has 0 spiro atoms. The Hall–Kier alpha value is -3.81. The fourth-order valence-electron chi connectivity index (χ4n) is 3.59. The van der Waals surface area contributed by atoms with Crippen molar-refractivity contribution >= 4 is 44.9 Å². The maximum atomic E-state index is 13.1. The fourth-order valence-corrected chi connectivity index (χ4v) is 4.58. The number of rotatable bonds is 6. The Labute approximate surface area is 210 Å². The van der Waals surface area contributed by atoms with Crippen LogP contribution in [-0.4, -0.2) is 49.8 Å². The van der Waals surface area contributed by atoms with Crippen LogP contribution in [0.1, 0.15) is 43.1 Å². The number of carbonyl (C=O) groups excluding carboxylic acids is 3. The van der Waals surface area contributed by atoms with Gasteiger partial charge in [-0.05, 0) is 41.8 Å². The van der Waals surface area contributed by atoms with Gasteiger partial charge in [0.25, 0.3) is 5.91 Å². The predicted molar refractivity (Wildman–Crippen MR) is 130 cm³/mol. The van der Waals surface area contributed by atoms with E-state index >= 15 is 0 Å². The van der Waals surface area contributed by atoms with Crippen molar-refractivity contribution in [3.8, 4) is 5.75 Å². The summed E-state index contributed by atoms with van der Waals surface area (Å²) < 4.78 is 62.3. The number of carbonyl (C=O) groups is 3. The topological polar surface area (TPSA) is 145 Å². The number of nitrogens with one attached hydrogen (secondary N) is 3. The van der Waals surface area contributed by atoms with Gasteiger partial charge in [0.05, 0.1) is 11.3 Å². The van der Waals surface area contributed by atoms with Crippen LogP contribution >= 0.6 is 0 Å². The highest BCUT2D eigenvalue weighted by Crippen LogP contribution is 2.38. The van der Waals surface area contributed by atoms with E-state index in [1.165, 1.54) is 24.3 Å². The Bertz CT molecular complexity index is 1320. The van der Waals surface area contributed by atoms with Gasteiger partial charge in [0.2, 0.25) is 15.9 Å². The number of urea groups is 1. The van der Waals surface area contributed by atoms with Crippen LogP contribution in [0.4, 0.5) is 35.0 Å². The molecular weight excluding hydrogens is 517 g/mol. The van der Waals surface area contributed by atoms with Crippen LogP contribution in [0.15, 0.2) is 36.4 Å². The molecule has 1 aliphatic rings. The van der Waals surface area contributed by atoms with Crippen LogP contribution < -0.4 is 20.3 Å². The summed E-state index contributed by atoms with van der Waals surface area (Å²) in [5.74, 6) is -3.71. The minimum Gasteiger partial charge on any atom is -0.507 e. The van der Waals surface area contributed by atoms with E-state index in [0.717, 1.165) is 17.0 Å². The van der Waals surface area contributed by atoms with Gasteiger partial charge in [0.15, 0.2) is 5.75 Å². The molecule has 1 fully saturated rings. The van der Waals surface area contributed by atoms with Crippen LogP contribution in [0.25, 0.3) is 0 Å². The second-order valence-electron chi connectivity index (χ2n) is 9.36. The lowest BCUT2D eigenvalue weighted by Gasteiger charge is -2.29. The summed E-state index contributed by atoms with van der Waals surface area (Å²) in [6.45, 7) is 5.48. The molecule has 0 radical (unpaired) electrons. The summed E-state index contributed by atoms with van der Waals surface area (Å²) in [4.78, 5) is 38.7. The van der Waals surface area contributed by atoms with Gasteiger partial charge in [-0.15, -0.1) is 0 Å². The molecule has 14 heteroatoms. The molecule has 0 aromatic heterocycles. The van der Waals surface area contributed by atoms with Gasteiger partial charge in [0, 0.05) is 29.9 Å². The minimum atomic E-state index is -4.91. The van der Waals surface area contributed by atoms with Gasteiger partial charge in [-0.3, -0.25) is 14.3 Å². The smallest absolute Gasteiger partial charge is 0.404 e. The Morgan fingerprint density at radius 3 is 2.22 bits per heavy atom. The lowest BCUT2D eigenvalue weighted by molar-refractivity contribution is -0.118. The molecule has 0 bridgehead atoms. The second-order valence-corrected chi connectivity index (χ2v) is 11.1. The number of hydrogen-bond donors (Lipinski definition) is 4. The number of amides is 4. The molecule has 0 unspecified atom stereocenters. The maximum absolute atomic E-state index is 13.1. The van der Waals surface area contributed by atoms with Crippen LogP contribution in [0, 0.1) is 0 Å². The van der Waals surface area contributed by atoms with Gasteiger partial charge in [-0.25, -0.2) is 18.1 Å². The molecule has 37 heavy (non-hydrogen) atoms. The van der Waals surface area contributed by atoms with Gasteiger partial charge >= 0.3 is 12.2 Å². The van der Waals surface area contributed by atoms with Crippen LogP contribution in [0.3, 0.4) is 0 Å². The Kier molecular flexibility index (Phi) is 7.44. The quantitative estimate of drug-likeness (QED) is 0.438. The van der Waals surface area contributed by atoms with Crippen molar-refractivity contribution in [3.05, 3.63) is 47.5 Å². The summed E-state index contributed by atoms with van der Waals surface area (Å²) in [5, 5.41) is 15.9. The molecule has 2 aromatic carbocycles. The molecule has 0 saturated carbocycles. The van der Waals surface area contributed by atoms with Gasteiger partial charge in [-0.1, -0.05) is 20.8 Å². The van der Waals surface area contributed by atoms with E-state index in [0.29, 0.717) is 5.56 Å². The lowest BCUT2D eigenvalue weighted by Crippen LogP contribution is -2.50. The first-order chi connectivity index (χ1) is 17.0. The number of benzene rings is 2. The van der Waals surface area contributed by atoms with Crippen molar-refractivity contribution in [1.29, 1.82) is 0 Å². The number of phenols is 1. The molecule has 1 saturated heterocycles. The van der Waals surface area contributed by atoms with Crippen molar-refractivity contribution in [3.63, 3.8) is 0 Å². The number of anilines is 3. The van der Waals surface area contributed by atoms with Gasteiger partial charge < -0.3 is 15.7 Å². The van der Waals surface area contributed by atoms with E-state index in [1.54, 1.807) is 25.5 Å². The summed E-state index contributed by atoms with van der Waals surface area (Å²) in [7, 11) is -4.68. The largest absolute Gasteiger partial charge is 0.507 e. The normalized spacial score (nSPS) is 14.8. The number of hydrogen-bond acceptors (Lipinski definition) is 6. The molecular formula is C23H25F3N4O6S. The van der Waals surface area contributed by atoms with E-state index < -0.39 is 45.2 Å². The van der Waals surface area contributed by atoms with Crippen molar-refractivity contribution < 1.29 is 41.1 Å². The van der Waals surface area contributed by atoms with Gasteiger partial charge in [0.1, 0.15) is 5.75 Å². The third-order valence-corrected chi connectivity index (χ3v) is 6.50. The fraction of sp³-hybridized carbons (Fsp3) is 0.348. The van der Waals surface area contributed by atoms with E-state index in [1.807, 2.05) is 0 Å². The maximum Gasteiger partial charge on any atom is 0.404 e. The SMILES string of the molecule is CC(C)(C)c1cc(N2C(=O)CCNC2=O)cc(C(=O)Nc2ccc(NS(=O)(=O)CC(F)(F)F)cc2)c1O. The third kappa shape index (κ3) is 6.90. The monoisotopic (exact) mass is 542 g/mol. The minimum absolute atomic E-state index is 0.0536. The van der Waals surface area contributed by atoms with E-state index in [4.69, 9.17) is 0 Å². The number of phenolic OH excluding ortho intramolecular Hbond substituents is 1. The lowest BCUT2D eigenvalue weighted by atomic mass is 9.84. The summed E-state index contributed by atoms with van der Waals surface area (Å²) in [6, 6.07) is 6.78. The highest BCUT2D eigenvalue weighted by atomic mass is 32.2. The average molecular weight is 543 g/mol. The Morgan fingerprint density at radius 2 is 1.68 bits per heavy atom. The van der Waals surface area contributed by atoms with E-state index in [2.05, 4.69) is 10.6 Å². The highest BCUT2D eigenvalue weighted by Gasteiger charge is 2.35. The van der Waals surface area contributed by atoms with Crippen molar-refractivity contribution in [2.24, 2.45) is 0 Å². The number of alkyl halides is 3. The molecule has 200 valence electrons. The molecule has 2 aromatic rings. The first kappa shape index (κ1) is 27.8. The zero-order valence-electron chi connectivity index (χ0n) is 20.1. The van der Waals surface area contributed by atoms with Gasteiger partial charge in [-0.2, -0.15) is 13.2 Å². The Morgan fingerprint density at radius 1 is 1.08 bits per heavy atom. The first-order valence-electron chi connectivity index (χ1n) is 10.9. The number of nitrogens with zero attached hydrogens (tertiary/aromatic N) is 1. The standard InChI is InChI=1S/C23H25F3N4O6S/c1-22(2,3)17-11-15(30-18(31)8-9-27-21(30)34)10-16(19(17)32)20(33)28-13-4-6-14(7-5-13)29-37(35,36)12-23(24,25)26/h4-7,10-11,29,32H,8-9,12H2,1-3H3,(H,27,34)(H,28,33).